The Bertz CT molecular complexity index is 756. The number of morpholine rings is 1. The van der Waals surface area contributed by atoms with Crippen molar-refractivity contribution in [2.24, 2.45) is 4.99 Å². The largest absolute Gasteiger partial charge is 0.492 e. The fourth-order valence-electron chi connectivity index (χ4n) is 3.05. The molecule has 0 radical (unpaired) electrons. The molecule has 0 bridgehead atoms. The summed E-state index contributed by atoms with van der Waals surface area (Å²) in [7, 11) is 1.79. The molecule has 0 unspecified atom stereocenters. The number of ether oxygens (including phenoxy) is 2. The molecule has 0 amide bonds. The summed E-state index contributed by atoms with van der Waals surface area (Å²) < 4.78 is 11.4. The Labute approximate surface area is 171 Å². The summed E-state index contributed by atoms with van der Waals surface area (Å²) in [4.78, 5) is 9.32. The Morgan fingerprint density at radius 1 is 1.14 bits per heavy atom. The summed E-state index contributed by atoms with van der Waals surface area (Å²) in [6.07, 6.45) is 0. The molecule has 1 aromatic carbocycles. The van der Waals surface area contributed by atoms with Crippen LogP contribution in [0.2, 0.25) is 0 Å². The fourth-order valence-corrected chi connectivity index (χ4v) is 3.88. The van der Waals surface area contributed by atoms with Crippen LogP contribution in [0.3, 0.4) is 0 Å². The summed E-state index contributed by atoms with van der Waals surface area (Å²) in [5.74, 6) is 1.71. The topological polar surface area (TPSA) is 58.1 Å². The van der Waals surface area contributed by atoms with Gasteiger partial charge in [0, 0.05) is 48.5 Å². The molecule has 0 atom stereocenters. The normalized spacial score (nSPS) is 15.4. The lowest BCUT2D eigenvalue weighted by Crippen LogP contribution is -2.38. The number of nitrogens with zero attached hydrogens (tertiary/aromatic N) is 2. The average molecular weight is 403 g/mol. The predicted octanol–water partition coefficient (Wildman–Crippen LogP) is 2.63. The summed E-state index contributed by atoms with van der Waals surface area (Å²) in [6.45, 7) is 8.77. The van der Waals surface area contributed by atoms with E-state index in [0.29, 0.717) is 13.2 Å². The van der Waals surface area contributed by atoms with E-state index in [2.05, 4.69) is 45.6 Å². The number of rotatable bonds is 8. The highest BCUT2D eigenvalue weighted by atomic mass is 32.1. The van der Waals surface area contributed by atoms with Gasteiger partial charge in [-0.3, -0.25) is 9.89 Å². The molecule has 6 nitrogen and oxygen atoms in total. The zero-order chi connectivity index (χ0) is 19.6. The molecule has 1 aliphatic heterocycles. The number of para-hydroxylation sites is 1. The number of nitrogens with one attached hydrogen (secondary N) is 2. The summed E-state index contributed by atoms with van der Waals surface area (Å²) in [6, 6.07) is 12.5. The van der Waals surface area contributed by atoms with E-state index in [1.807, 2.05) is 18.2 Å². The smallest absolute Gasteiger partial charge is 0.191 e. The molecule has 3 rings (SSSR count). The molecule has 0 aliphatic carbocycles. The highest BCUT2D eigenvalue weighted by Gasteiger charge is 2.11. The highest BCUT2D eigenvalue weighted by Crippen LogP contribution is 2.18. The van der Waals surface area contributed by atoms with E-state index in [9.17, 15) is 0 Å². The van der Waals surface area contributed by atoms with Gasteiger partial charge in [0.05, 0.1) is 19.8 Å². The lowest BCUT2D eigenvalue weighted by Gasteiger charge is -2.26. The van der Waals surface area contributed by atoms with Crippen LogP contribution in [0.4, 0.5) is 0 Å². The summed E-state index contributed by atoms with van der Waals surface area (Å²) >= 11 is 1.80. The fraction of sp³-hybridized carbons (Fsp3) is 0.476. The van der Waals surface area contributed by atoms with Crippen LogP contribution in [0, 0.1) is 6.92 Å². The van der Waals surface area contributed by atoms with Crippen molar-refractivity contribution in [2.45, 2.75) is 20.0 Å². The van der Waals surface area contributed by atoms with Gasteiger partial charge in [-0.15, -0.1) is 11.3 Å². The van der Waals surface area contributed by atoms with E-state index in [0.717, 1.165) is 56.7 Å². The minimum absolute atomic E-state index is 0.664. The molecule has 152 valence electrons. The van der Waals surface area contributed by atoms with Crippen molar-refractivity contribution in [3.63, 3.8) is 0 Å². The van der Waals surface area contributed by atoms with Gasteiger partial charge in [0.25, 0.3) is 0 Å². The van der Waals surface area contributed by atoms with E-state index < -0.39 is 0 Å². The number of hydrogen-bond acceptors (Lipinski definition) is 5. The van der Waals surface area contributed by atoms with E-state index >= 15 is 0 Å². The van der Waals surface area contributed by atoms with Gasteiger partial charge in [-0.05, 0) is 25.1 Å². The Kier molecular flexibility index (Phi) is 8.14. The maximum atomic E-state index is 6.06. The molecule has 2 N–H and O–H groups in total. The second-order valence-electron chi connectivity index (χ2n) is 6.70. The third-order valence-electron chi connectivity index (χ3n) is 4.64. The first kappa shape index (κ1) is 20.6. The SMILES string of the molecule is CN=C(NCc1ccc(C)s1)NCc1ccccc1OCCN1CCOCC1. The van der Waals surface area contributed by atoms with Crippen molar-refractivity contribution < 1.29 is 9.47 Å². The molecule has 7 heteroatoms. The zero-order valence-electron chi connectivity index (χ0n) is 16.7. The lowest BCUT2D eigenvalue weighted by molar-refractivity contribution is 0.0322. The Hall–Kier alpha value is -2.09. The van der Waals surface area contributed by atoms with E-state index in [1.165, 1.54) is 9.75 Å². The van der Waals surface area contributed by atoms with Crippen molar-refractivity contribution >= 4 is 17.3 Å². The highest BCUT2D eigenvalue weighted by molar-refractivity contribution is 7.11. The number of thiophene rings is 1. The molecule has 2 heterocycles. The van der Waals surface area contributed by atoms with E-state index in [4.69, 9.17) is 9.47 Å². The molecule has 1 saturated heterocycles. The quantitative estimate of drug-likeness (QED) is 0.525. The summed E-state index contributed by atoms with van der Waals surface area (Å²) in [5.41, 5.74) is 1.12. The monoisotopic (exact) mass is 402 g/mol. The van der Waals surface area contributed by atoms with E-state index in [-0.39, 0.29) is 0 Å². The van der Waals surface area contributed by atoms with Crippen molar-refractivity contribution in [3.05, 3.63) is 51.7 Å². The maximum Gasteiger partial charge on any atom is 0.191 e. The first-order valence-corrected chi connectivity index (χ1v) is 10.6. The third-order valence-corrected chi connectivity index (χ3v) is 5.64. The molecule has 28 heavy (non-hydrogen) atoms. The molecule has 1 aromatic heterocycles. The van der Waals surface area contributed by atoms with Crippen LogP contribution in [0.25, 0.3) is 0 Å². The van der Waals surface area contributed by atoms with Gasteiger partial charge in [-0.2, -0.15) is 0 Å². The number of benzene rings is 1. The second-order valence-corrected chi connectivity index (χ2v) is 8.07. The van der Waals surface area contributed by atoms with Crippen molar-refractivity contribution in [3.8, 4) is 5.75 Å². The van der Waals surface area contributed by atoms with Crippen molar-refractivity contribution in [1.82, 2.24) is 15.5 Å². The second kappa shape index (κ2) is 11.0. The summed E-state index contributed by atoms with van der Waals surface area (Å²) in [5, 5.41) is 6.74. The van der Waals surface area contributed by atoms with Gasteiger partial charge in [-0.1, -0.05) is 18.2 Å². The van der Waals surface area contributed by atoms with Gasteiger partial charge in [0.15, 0.2) is 5.96 Å². The van der Waals surface area contributed by atoms with Crippen LogP contribution in [0.1, 0.15) is 15.3 Å². The average Bonchev–Trinajstić information content (AvgIpc) is 3.15. The maximum absolute atomic E-state index is 6.06. The van der Waals surface area contributed by atoms with Gasteiger partial charge in [0.2, 0.25) is 0 Å². The molecular weight excluding hydrogens is 372 g/mol. The van der Waals surface area contributed by atoms with Gasteiger partial charge < -0.3 is 20.1 Å². The third kappa shape index (κ3) is 6.51. The Morgan fingerprint density at radius 2 is 1.93 bits per heavy atom. The van der Waals surface area contributed by atoms with Crippen LogP contribution in [-0.4, -0.2) is 57.4 Å². The number of guanidine groups is 1. The van der Waals surface area contributed by atoms with Crippen LogP contribution >= 0.6 is 11.3 Å². The number of aryl methyl sites for hydroxylation is 1. The van der Waals surface area contributed by atoms with Gasteiger partial charge in [-0.25, -0.2) is 0 Å². The number of aliphatic imine (C=N–C) groups is 1. The first-order chi connectivity index (χ1) is 13.7. The Balaban J connectivity index is 1.46. The predicted molar refractivity (Wildman–Crippen MR) is 115 cm³/mol. The number of hydrogen-bond donors (Lipinski definition) is 2. The van der Waals surface area contributed by atoms with Crippen LogP contribution in [-0.2, 0) is 17.8 Å². The molecule has 0 saturated carbocycles. The minimum Gasteiger partial charge on any atom is -0.492 e. The van der Waals surface area contributed by atoms with Crippen LogP contribution < -0.4 is 15.4 Å². The van der Waals surface area contributed by atoms with Crippen LogP contribution in [0.5, 0.6) is 5.75 Å². The van der Waals surface area contributed by atoms with Gasteiger partial charge in [0.1, 0.15) is 12.4 Å². The van der Waals surface area contributed by atoms with Crippen molar-refractivity contribution in [1.29, 1.82) is 0 Å². The van der Waals surface area contributed by atoms with Crippen LogP contribution in [0.15, 0.2) is 41.4 Å². The lowest BCUT2D eigenvalue weighted by atomic mass is 10.2. The van der Waals surface area contributed by atoms with E-state index in [1.54, 1.807) is 18.4 Å². The molecule has 2 aromatic rings. The molecule has 1 fully saturated rings. The molecule has 0 spiro atoms. The molecule has 1 aliphatic rings. The minimum atomic E-state index is 0.664. The Morgan fingerprint density at radius 3 is 2.68 bits per heavy atom. The van der Waals surface area contributed by atoms with Gasteiger partial charge >= 0.3 is 0 Å². The first-order valence-electron chi connectivity index (χ1n) is 9.75. The zero-order valence-corrected chi connectivity index (χ0v) is 17.6. The standard InChI is InChI=1S/C21H30N4O2S/c1-17-7-8-19(28-17)16-24-21(22-2)23-15-18-5-3-4-6-20(18)27-14-11-25-9-12-26-13-10-25/h3-8H,9-16H2,1-2H3,(H2,22,23,24). The molecular formula is C21H30N4O2S. The van der Waals surface area contributed by atoms with Crippen molar-refractivity contribution in [2.75, 3.05) is 46.5 Å².